The first-order chi connectivity index (χ1) is 12.3. The first kappa shape index (κ1) is 19.3. The Kier molecular flexibility index (Phi) is 5.67. The maximum absolute atomic E-state index is 12.9. The van der Waals surface area contributed by atoms with E-state index in [2.05, 4.69) is 18.7 Å². The predicted molar refractivity (Wildman–Crippen MR) is 105 cm³/mol. The summed E-state index contributed by atoms with van der Waals surface area (Å²) in [7, 11) is -1.51. The number of hydrogen-bond donors (Lipinski definition) is 0. The third kappa shape index (κ3) is 3.93. The normalized spacial score (nSPS) is 17.1. The third-order valence-electron chi connectivity index (χ3n) is 4.89. The van der Waals surface area contributed by atoms with Gasteiger partial charge in [-0.05, 0) is 35.8 Å². The largest absolute Gasteiger partial charge is 0.327 e. The van der Waals surface area contributed by atoms with Gasteiger partial charge in [0.2, 0.25) is 10.0 Å². The van der Waals surface area contributed by atoms with Crippen molar-refractivity contribution < 1.29 is 8.42 Å². The number of nitrogens with zero attached hydrogens (tertiary/aromatic N) is 4. The molecular formula is C18H26N4O2S2. The maximum Gasteiger partial charge on any atom is 0.243 e. The van der Waals surface area contributed by atoms with Crippen LogP contribution in [0.1, 0.15) is 25.3 Å². The van der Waals surface area contributed by atoms with Gasteiger partial charge in [0.1, 0.15) is 0 Å². The molecule has 0 bridgehead atoms. The molecule has 8 heteroatoms. The Morgan fingerprint density at radius 1 is 1.04 bits per heavy atom. The van der Waals surface area contributed by atoms with Crippen LogP contribution in [0, 0.1) is 4.77 Å². The number of piperazine rings is 1. The minimum Gasteiger partial charge on any atom is -0.327 e. The van der Waals surface area contributed by atoms with Crippen molar-refractivity contribution >= 4 is 22.2 Å². The molecular weight excluding hydrogens is 368 g/mol. The smallest absolute Gasteiger partial charge is 0.243 e. The van der Waals surface area contributed by atoms with E-state index in [1.165, 1.54) is 0 Å². The van der Waals surface area contributed by atoms with Crippen molar-refractivity contribution in [3.05, 3.63) is 47.0 Å². The van der Waals surface area contributed by atoms with Gasteiger partial charge in [-0.25, -0.2) is 8.42 Å². The van der Waals surface area contributed by atoms with Gasteiger partial charge in [-0.3, -0.25) is 4.90 Å². The average molecular weight is 395 g/mol. The summed E-state index contributed by atoms with van der Waals surface area (Å²) in [4.78, 5) is 2.60. The second-order valence-electron chi connectivity index (χ2n) is 7.05. The van der Waals surface area contributed by atoms with Crippen LogP contribution < -0.4 is 0 Å². The molecule has 2 aromatic rings. The molecule has 1 fully saturated rings. The van der Waals surface area contributed by atoms with Crippen molar-refractivity contribution in [2.75, 3.05) is 26.2 Å². The minimum absolute atomic E-state index is 0.376. The summed E-state index contributed by atoms with van der Waals surface area (Å²) in [6.45, 7) is 7.27. The lowest BCUT2D eigenvalue weighted by molar-refractivity contribution is 0.151. The highest BCUT2D eigenvalue weighted by Gasteiger charge is 2.28. The van der Waals surface area contributed by atoms with Crippen LogP contribution in [0.5, 0.6) is 0 Å². The highest BCUT2D eigenvalue weighted by atomic mass is 32.2. The summed E-state index contributed by atoms with van der Waals surface area (Å²) in [5.41, 5.74) is 1.15. The molecule has 2 heterocycles. The monoisotopic (exact) mass is 394 g/mol. The Hall–Kier alpha value is -1.48. The number of hydrogen-bond acceptors (Lipinski definition) is 4. The van der Waals surface area contributed by atoms with Crippen molar-refractivity contribution in [1.82, 2.24) is 18.3 Å². The third-order valence-corrected chi connectivity index (χ3v) is 7.32. The zero-order valence-corrected chi connectivity index (χ0v) is 17.1. The fourth-order valence-corrected chi connectivity index (χ4v) is 4.72. The molecule has 1 saturated heterocycles. The average Bonchev–Trinajstić information content (AvgIpc) is 2.94. The van der Waals surface area contributed by atoms with E-state index in [1.807, 2.05) is 40.7 Å². The molecule has 1 aromatic carbocycles. The van der Waals surface area contributed by atoms with Crippen LogP contribution in [0.25, 0.3) is 0 Å². The summed E-state index contributed by atoms with van der Waals surface area (Å²) in [6, 6.07) is 7.26. The Bertz CT molecular complexity index is 905. The summed E-state index contributed by atoms with van der Waals surface area (Å²) in [5, 5.41) is 0. The molecule has 1 aliphatic heterocycles. The summed E-state index contributed by atoms with van der Waals surface area (Å²) in [5.74, 6) is 0.389. The molecule has 142 valence electrons. The SMILES string of the molecule is CC(C)c1ccc(S(=O)(=O)N2CCN(Cn3ccn(C)c3=S)CC2)cc1. The molecule has 0 N–H and O–H groups in total. The Morgan fingerprint density at radius 2 is 1.65 bits per heavy atom. The molecule has 0 amide bonds. The van der Waals surface area contributed by atoms with Gasteiger partial charge in [0.25, 0.3) is 0 Å². The fraction of sp³-hybridized carbons (Fsp3) is 0.500. The van der Waals surface area contributed by atoms with Crippen molar-refractivity contribution in [3.63, 3.8) is 0 Å². The van der Waals surface area contributed by atoms with Gasteiger partial charge in [0.15, 0.2) is 4.77 Å². The van der Waals surface area contributed by atoms with Crippen molar-refractivity contribution in [2.24, 2.45) is 7.05 Å². The van der Waals surface area contributed by atoms with Crippen LogP contribution in [0.15, 0.2) is 41.6 Å². The van der Waals surface area contributed by atoms with E-state index in [1.54, 1.807) is 16.4 Å². The Morgan fingerprint density at radius 3 is 2.15 bits per heavy atom. The summed E-state index contributed by atoms with van der Waals surface area (Å²) >= 11 is 5.36. The standard InChI is InChI=1S/C18H26N4O2S2/c1-15(2)16-4-6-17(7-5-16)26(23,24)22-12-9-20(10-13-22)14-21-11-8-19(3)18(21)25/h4-8,11,15H,9-10,12-14H2,1-3H3. The van der Waals surface area contributed by atoms with Gasteiger partial charge >= 0.3 is 0 Å². The van der Waals surface area contributed by atoms with Gasteiger partial charge in [-0.1, -0.05) is 26.0 Å². The lowest BCUT2D eigenvalue weighted by Gasteiger charge is -2.34. The van der Waals surface area contributed by atoms with E-state index < -0.39 is 10.0 Å². The molecule has 26 heavy (non-hydrogen) atoms. The second kappa shape index (κ2) is 7.64. The van der Waals surface area contributed by atoms with E-state index in [9.17, 15) is 8.42 Å². The molecule has 6 nitrogen and oxygen atoms in total. The van der Waals surface area contributed by atoms with Crippen LogP contribution >= 0.6 is 12.2 Å². The number of aromatic nitrogens is 2. The zero-order valence-electron chi connectivity index (χ0n) is 15.5. The maximum atomic E-state index is 12.9. The molecule has 0 aliphatic carbocycles. The van der Waals surface area contributed by atoms with Crippen LogP contribution in [0.4, 0.5) is 0 Å². The molecule has 0 saturated carbocycles. The van der Waals surface area contributed by atoms with E-state index in [0.717, 1.165) is 10.3 Å². The van der Waals surface area contributed by atoms with Crippen LogP contribution in [-0.4, -0.2) is 52.9 Å². The second-order valence-corrected chi connectivity index (χ2v) is 9.35. The number of imidazole rings is 1. The van der Waals surface area contributed by atoms with Gasteiger partial charge in [0, 0.05) is 45.6 Å². The lowest BCUT2D eigenvalue weighted by atomic mass is 10.0. The lowest BCUT2D eigenvalue weighted by Crippen LogP contribution is -2.48. The molecule has 0 atom stereocenters. The van der Waals surface area contributed by atoms with Gasteiger partial charge in [0.05, 0.1) is 11.6 Å². The number of aryl methyl sites for hydroxylation is 1. The zero-order chi connectivity index (χ0) is 18.9. The molecule has 0 unspecified atom stereocenters. The van der Waals surface area contributed by atoms with Gasteiger partial charge < -0.3 is 9.13 Å². The summed E-state index contributed by atoms with van der Waals surface area (Å²) < 4.78 is 32.0. The minimum atomic E-state index is -3.43. The number of benzene rings is 1. The Balaban J connectivity index is 1.64. The fourth-order valence-electron chi connectivity index (χ4n) is 3.12. The number of rotatable bonds is 5. The van der Waals surface area contributed by atoms with Crippen molar-refractivity contribution in [3.8, 4) is 0 Å². The van der Waals surface area contributed by atoms with Crippen LogP contribution in [-0.2, 0) is 23.7 Å². The van der Waals surface area contributed by atoms with Gasteiger partial charge in [-0.2, -0.15) is 4.31 Å². The first-order valence-corrected chi connectivity index (χ1v) is 10.7. The van der Waals surface area contributed by atoms with E-state index in [0.29, 0.717) is 43.7 Å². The number of sulfonamides is 1. The quantitative estimate of drug-likeness (QED) is 0.732. The molecule has 1 aromatic heterocycles. The van der Waals surface area contributed by atoms with Crippen LogP contribution in [0.3, 0.4) is 0 Å². The topological polar surface area (TPSA) is 50.5 Å². The van der Waals surface area contributed by atoms with Crippen molar-refractivity contribution in [1.29, 1.82) is 0 Å². The van der Waals surface area contributed by atoms with Crippen LogP contribution in [0.2, 0.25) is 0 Å². The molecule has 0 spiro atoms. The predicted octanol–water partition coefficient (Wildman–Crippen LogP) is 2.64. The van der Waals surface area contributed by atoms with Gasteiger partial charge in [-0.15, -0.1) is 0 Å². The van der Waals surface area contributed by atoms with E-state index >= 15 is 0 Å². The summed E-state index contributed by atoms with van der Waals surface area (Å²) in [6.07, 6.45) is 3.89. The Labute approximate surface area is 160 Å². The molecule has 0 radical (unpaired) electrons. The van der Waals surface area contributed by atoms with E-state index in [4.69, 9.17) is 12.2 Å². The van der Waals surface area contributed by atoms with Crippen molar-refractivity contribution in [2.45, 2.75) is 31.3 Å². The highest BCUT2D eigenvalue weighted by Crippen LogP contribution is 2.21. The first-order valence-electron chi connectivity index (χ1n) is 8.83. The molecule has 3 rings (SSSR count). The highest BCUT2D eigenvalue weighted by molar-refractivity contribution is 7.89. The van der Waals surface area contributed by atoms with E-state index in [-0.39, 0.29) is 0 Å². The molecule has 1 aliphatic rings.